The van der Waals surface area contributed by atoms with Gasteiger partial charge in [0.15, 0.2) is 5.69 Å². The average molecular weight is 376 g/mol. The summed E-state index contributed by atoms with van der Waals surface area (Å²) in [4.78, 5) is 23.6. The van der Waals surface area contributed by atoms with Crippen molar-refractivity contribution in [1.29, 1.82) is 0 Å². The second-order valence-corrected chi connectivity index (χ2v) is 7.03. The van der Waals surface area contributed by atoms with Crippen LogP contribution in [0, 0.1) is 0 Å². The lowest BCUT2D eigenvalue weighted by molar-refractivity contribution is -0.114. The van der Waals surface area contributed by atoms with Crippen LogP contribution >= 0.6 is 0 Å². The molecule has 0 spiro atoms. The van der Waals surface area contributed by atoms with E-state index in [-0.39, 0.29) is 11.8 Å². The molecule has 0 atom stereocenters. The molecule has 2 N–H and O–H groups in total. The molecule has 6 nitrogen and oxygen atoms in total. The fraction of sp³-hybridized carbons (Fsp3) is 0.227. The molecular formula is C22H24N4O2. The largest absolute Gasteiger partial charge is 0.326 e. The highest BCUT2D eigenvalue weighted by atomic mass is 16.2. The Morgan fingerprint density at radius 1 is 0.929 bits per heavy atom. The van der Waals surface area contributed by atoms with Crippen LogP contribution < -0.4 is 10.6 Å². The van der Waals surface area contributed by atoms with Gasteiger partial charge in [0.1, 0.15) is 0 Å². The molecule has 28 heavy (non-hydrogen) atoms. The predicted octanol–water partition coefficient (Wildman–Crippen LogP) is 4.42. The van der Waals surface area contributed by atoms with Crippen molar-refractivity contribution in [3.05, 3.63) is 65.9 Å². The van der Waals surface area contributed by atoms with Crippen molar-refractivity contribution in [2.24, 2.45) is 7.05 Å². The molecule has 1 heterocycles. The van der Waals surface area contributed by atoms with Crippen LogP contribution in [0.15, 0.2) is 54.6 Å². The fourth-order valence-corrected chi connectivity index (χ4v) is 2.92. The number of benzene rings is 2. The molecule has 0 fully saturated rings. The van der Waals surface area contributed by atoms with Crippen molar-refractivity contribution >= 4 is 23.2 Å². The van der Waals surface area contributed by atoms with Crippen molar-refractivity contribution in [1.82, 2.24) is 9.78 Å². The van der Waals surface area contributed by atoms with Crippen molar-refractivity contribution in [3.8, 4) is 11.3 Å². The topological polar surface area (TPSA) is 76.0 Å². The summed E-state index contributed by atoms with van der Waals surface area (Å²) in [6.45, 7) is 5.76. The van der Waals surface area contributed by atoms with Gasteiger partial charge in [-0.1, -0.05) is 38.1 Å². The Bertz CT molecular complexity index is 986. The summed E-state index contributed by atoms with van der Waals surface area (Å²) in [7, 11) is 1.82. The molecule has 2 aromatic carbocycles. The van der Waals surface area contributed by atoms with Gasteiger partial charge in [-0.25, -0.2) is 0 Å². The Morgan fingerprint density at radius 2 is 1.50 bits per heavy atom. The van der Waals surface area contributed by atoms with Gasteiger partial charge in [0.2, 0.25) is 5.91 Å². The van der Waals surface area contributed by atoms with Crippen molar-refractivity contribution in [2.45, 2.75) is 26.7 Å². The van der Waals surface area contributed by atoms with E-state index >= 15 is 0 Å². The third-order valence-electron chi connectivity index (χ3n) is 4.45. The summed E-state index contributed by atoms with van der Waals surface area (Å²) in [6, 6.07) is 17.0. The molecule has 0 unspecified atom stereocenters. The molecular weight excluding hydrogens is 352 g/mol. The number of amides is 2. The van der Waals surface area contributed by atoms with E-state index in [1.807, 2.05) is 7.05 Å². The van der Waals surface area contributed by atoms with Crippen molar-refractivity contribution in [2.75, 3.05) is 10.6 Å². The number of rotatable bonds is 5. The molecule has 2 amide bonds. The van der Waals surface area contributed by atoms with Crippen LogP contribution in [0.25, 0.3) is 11.3 Å². The predicted molar refractivity (Wildman–Crippen MR) is 111 cm³/mol. The number of aryl methyl sites for hydroxylation is 1. The monoisotopic (exact) mass is 376 g/mol. The molecule has 0 bridgehead atoms. The SMILES string of the molecule is CC(=O)Nc1ccc(NC(=O)c2cc(-c3ccc(C(C)C)cc3)n(C)n2)cc1. The van der Waals surface area contributed by atoms with Gasteiger partial charge in [-0.2, -0.15) is 5.10 Å². The molecule has 144 valence electrons. The van der Waals surface area contributed by atoms with Gasteiger partial charge in [-0.3, -0.25) is 14.3 Å². The molecule has 0 aliphatic heterocycles. The Morgan fingerprint density at radius 3 is 2.04 bits per heavy atom. The zero-order chi connectivity index (χ0) is 20.3. The van der Waals surface area contributed by atoms with E-state index in [9.17, 15) is 9.59 Å². The number of nitrogens with zero attached hydrogens (tertiary/aromatic N) is 2. The Balaban J connectivity index is 1.74. The number of hydrogen-bond donors (Lipinski definition) is 2. The first-order valence-corrected chi connectivity index (χ1v) is 9.17. The highest BCUT2D eigenvalue weighted by molar-refractivity contribution is 6.03. The number of hydrogen-bond acceptors (Lipinski definition) is 3. The quantitative estimate of drug-likeness (QED) is 0.692. The van der Waals surface area contributed by atoms with Gasteiger partial charge >= 0.3 is 0 Å². The molecule has 0 aliphatic rings. The number of carbonyl (C=O) groups is 2. The summed E-state index contributed by atoms with van der Waals surface area (Å²) in [5.74, 6) is 0.0473. The van der Waals surface area contributed by atoms with Crippen LogP contribution in [0.3, 0.4) is 0 Å². The average Bonchev–Trinajstić information content (AvgIpc) is 3.05. The molecule has 1 aromatic heterocycles. The van der Waals surface area contributed by atoms with Crippen LogP contribution in [0.1, 0.15) is 42.7 Å². The Hall–Kier alpha value is -3.41. The first-order chi connectivity index (χ1) is 13.3. The van der Waals surface area contributed by atoms with Gasteiger partial charge in [-0.05, 0) is 47.4 Å². The third-order valence-corrected chi connectivity index (χ3v) is 4.45. The number of nitrogens with one attached hydrogen (secondary N) is 2. The molecule has 3 aromatic rings. The third kappa shape index (κ3) is 4.46. The maximum Gasteiger partial charge on any atom is 0.276 e. The Kier molecular flexibility index (Phi) is 5.59. The first-order valence-electron chi connectivity index (χ1n) is 9.17. The lowest BCUT2D eigenvalue weighted by atomic mass is 10.0. The van der Waals surface area contributed by atoms with Crippen LogP contribution in [-0.4, -0.2) is 21.6 Å². The number of anilines is 2. The smallest absolute Gasteiger partial charge is 0.276 e. The summed E-state index contributed by atoms with van der Waals surface area (Å²) in [6.07, 6.45) is 0. The van der Waals surface area contributed by atoms with Gasteiger partial charge < -0.3 is 10.6 Å². The van der Waals surface area contributed by atoms with E-state index in [4.69, 9.17) is 0 Å². The molecule has 0 radical (unpaired) electrons. The number of aromatic nitrogens is 2. The Labute approximate surface area is 164 Å². The minimum Gasteiger partial charge on any atom is -0.326 e. The highest BCUT2D eigenvalue weighted by Crippen LogP contribution is 2.23. The van der Waals surface area contributed by atoms with Crippen LogP contribution in [0.2, 0.25) is 0 Å². The fourth-order valence-electron chi connectivity index (χ4n) is 2.92. The van der Waals surface area contributed by atoms with Gasteiger partial charge in [0.05, 0.1) is 5.69 Å². The maximum absolute atomic E-state index is 12.6. The zero-order valence-corrected chi connectivity index (χ0v) is 16.5. The zero-order valence-electron chi connectivity index (χ0n) is 16.5. The maximum atomic E-state index is 12.6. The van der Waals surface area contributed by atoms with Gasteiger partial charge in [0, 0.05) is 25.3 Å². The van der Waals surface area contributed by atoms with Crippen LogP contribution in [-0.2, 0) is 11.8 Å². The van der Waals surface area contributed by atoms with Gasteiger partial charge in [0.25, 0.3) is 5.91 Å². The summed E-state index contributed by atoms with van der Waals surface area (Å²) >= 11 is 0. The molecule has 3 rings (SSSR count). The van der Waals surface area contributed by atoms with Crippen molar-refractivity contribution < 1.29 is 9.59 Å². The van der Waals surface area contributed by atoms with E-state index in [2.05, 4.69) is 53.8 Å². The minimum atomic E-state index is -0.284. The van der Waals surface area contributed by atoms with Gasteiger partial charge in [-0.15, -0.1) is 0 Å². The summed E-state index contributed by atoms with van der Waals surface area (Å²) in [5.41, 5.74) is 4.81. The lowest BCUT2D eigenvalue weighted by Gasteiger charge is -2.07. The molecule has 0 saturated carbocycles. The highest BCUT2D eigenvalue weighted by Gasteiger charge is 2.14. The molecule has 0 saturated heterocycles. The van der Waals surface area contributed by atoms with E-state index in [0.717, 1.165) is 11.3 Å². The van der Waals surface area contributed by atoms with Crippen molar-refractivity contribution in [3.63, 3.8) is 0 Å². The standard InChI is InChI=1S/C22H24N4O2/c1-14(2)16-5-7-17(8-6-16)21-13-20(25-26(21)4)22(28)24-19-11-9-18(10-12-19)23-15(3)27/h5-14H,1-4H3,(H,23,27)(H,24,28). The second-order valence-electron chi connectivity index (χ2n) is 7.03. The number of carbonyl (C=O) groups excluding carboxylic acids is 2. The first kappa shape index (κ1) is 19.4. The summed E-state index contributed by atoms with van der Waals surface area (Å²) < 4.78 is 1.71. The van der Waals surface area contributed by atoms with Crippen LogP contribution in [0.5, 0.6) is 0 Å². The molecule has 6 heteroatoms. The molecule has 0 aliphatic carbocycles. The normalized spacial score (nSPS) is 10.8. The lowest BCUT2D eigenvalue weighted by Crippen LogP contribution is -2.13. The minimum absolute atomic E-state index is 0.140. The summed E-state index contributed by atoms with van der Waals surface area (Å²) in [5, 5.41) is 9.86. The second kappa shape index (κ2) is 8.08. The van der Waals surface area contributed by atoms with E-state index in [0.29, 0.717) is 23.0 Å². The van der Waals surface area contributed by atoms with E-state index in [1.54, 1.807) is 35.0 Å². The van der Waals surface area contributed by atoms with E-state index < -0.39 is 0 Å². The van der Waals surface area contributed by atoms with Crippen LogP contribution in [0.4, 0.5) is 11.4 Å². The van der Waals surface area contributed by atoms with E-state index in [1.165, 1.54) is 12.5 Å².